The second-order valence-corrected chi connectivity index (χ2v) is 4.39. The highest BCUT2D eigenvalue weighted by Crippen LogP contribution is 2.17. The fourth-order valence-electron chi connectivity index (χ4n) is 2.11. The van der Waals surface area contributed by atoms with E-state index >= 15 is 0 Å². The molecule has 0 unspecified atom stereocenters. The molecule has 4 nitrogen and oxygen atoms in total. The molecule has 1 aliphatic heterocycles. The van der Waals surface area contributed by atoms with E-state index in [4.69, 9.17) is 0 Å². The van der Waals surface area contributed by atoms with Gasteiger partial charge in [0.05, 0.1) is 12.0 Å². The first-order valence-corrected chi connectivity index (χ1v) is 6.03. The summed E-state index contributed by atoms with van der Waals surface area (Å²) in [4.78, 5) is 24.0. The van der Waals surface area contributed by atoms with E-state index < -0.39 is 12.0 Å². The fraction of sp³-hybridized carbons (Fsp3) is 0.286. The Kier molecular flexibility index (Phi) is 3.94. The molecule has 0 aromatic heterocycles. The van der Waals surface area contributed by atoms with Gasteiger partial charge in [0.15, 0.2) is 0 Å². The average molecular weight is 262 g/mol. The number of likely N-dealkylation sites (tertiary alicyclic amines) is 1. The van der Waals surface area contributed by atoms with Crippen LogP contribution in [0.2, 0.25) is 0 Å². The smallest absolute Gasteiger partial charge is 0.247 e. The van der Waals surface area contributed by atoms with Crippen LogP contribution >= 0.6 is 0 Å². The summed E-state index contributed by atoms with van der Waals surface area (Å²) in [6.45, 7) is 0.422. The standard InChI is InChI=1S/C14H14FNO3/c15-11-6-3-10(4-7-11)5-8-13(17)16-9-1-2-12(16)14(18)19/h3-8,12H,1-2,9H2,(H,18,19)/p-1/b8-5+/t12-/m0/s1. The molecule has 1 amide bonds. The summed E-state index contributed by atoms with van der Waals surface area (Å²) >= 11 is 0. The summed E-state index contributed by atoms with van der Waals surface area (Å²) in [6, 6.07) is 4.83. The highest BCUT2D eigenvalue weighted by molar-refractivity contribution is 5.94. The first kappa shape index (κ1) is 13.3. The van der Waals surface area contributed by atoms with Crippen LogP contribution in [0.1, 0.15) is 18.4 Å². The van der Waals surface area contributed by atoms with Crippen molar-refractivity contribution < 1.29 is 19.1 Å². The number of amides is 1. The summed E-state index contributed by atoms with van der Waals surface area (Å²) in [5.74, 6) is -1.93. The first-order valence-electron chi connectivity index (χ1n) is 6.03. The molecule has 0 bridgehead atoms. The zero-order valence-electron chi connectivity index (χ0n) is 10.2. The summed E-state index contributed by atoms with van der Waals surface area (Å²) in [6.07, 6.45) is 3.92. The SMILES string of the molecule is O=C([O-])[C@@H]1CCCN1C(=O)/C=C/c1ccc(F)cc1. The Morgan fingerprint density at radius 2 is 2.00 bits per heavy atom. The van der Waals surface area contributed by atoms with Crippen LogP contribution in [-0.4, -0.2) is 29.4 Å². The zero-order valence-corrected chi connectivity index (χ0v) is 10.2. The maximum Gasteiger partial charge on any atom is 0.247 e. The van der Waals surface area contributed by atoms with Gasteiger partial charge in [-0.1, -0.05) is 12.1 Å². The van der Waals surface area contributed by atoms with E-state index in [2.05, 4.69) is 0 Å². The monoisotopic (exact) mass is 262 g/mol. The van der Waals surface area contributed by atoms with E-state index in [1.165, 1.54) is 29.2 Å². The molecule has 0 saturated carbocycles. The molecule has 1 aromatic carbocycles. The van der Waals surface area contributed by atoms with Crippen molar-refractivity contribution in [1.29, 1.82) is 0 Å². The second-order valence-electron chi connectivity index (χ2n) is 4.39. The Hall–Kier alpha value is -2.17. The van der Waals surface area contributed by atoms with Crippen LogP contribution in [0, 0.1) is 5.82 Å². The summed E-state index contributed by atoms with van der Waals surface area (Å²) < 4.78 is 12.7. The molecule has 1 aromatic rings. The van der Waals surface area contributed by atoms with Crippen molar-refractivity contribution in [2.45, 2.75) is 18.9 Å². The van der Waals surface area contributed by atoms with Crippen molar-refractivity contribution in [2.24, 2.45) is 0 Å². The summed E-state index contributed by atoms with van der Waals surface area (Å²) in [5, 5.41) is 10.9. The minimum Gasteiger partial charge on any atom is -0.548 e. The number of aliphatic carboxylic acids is 1. The van der Waals surface area contributed by atoms with E-state index in [0.717, 1.165) is 0 Å². The van der Waals surface area contributed by atoms with Gasteiger partial charge in [-0.2, -0.15) is 0 Å². The normalized spacial score (nSPS) is 19.0. The van der Waals surface area contributed by atoms with Gasteiger partial charge in [0.1, 0.15) is 5.82 Å². The molecule has 1 heterocycles. The van der Waals surface area contributed by atoms with Gasteiger partial charge < -0.3 is 14.8 Å². The van der Waals surface area contributed by atoms with E-state index in [1.807, 2.05) is 0 Å². The highest BCUT2D eigenvalue weighted by Gasteiger charge is 2.28. The Morgan fingerprint density at radius 1 is 1.32 bits per heavy atom. The molecule has 5 heteroatoms. The molecule has 0 radical (unpaired) electrons. The minimum atomic E-state index is -1.22. The van der Waals surface area contributed by atoms with Crippen molar-refractivity contribution >= 4 is 18.0 Å². The zero-order chi connectivity index (χ0) is 13.8. The van der Waals surface area contributed by atoms with Gasteiger partial charge in [-0.05, 0) is 36.6 Å². The van der Waals surface area contributed by atoms with Crippen molar-refractivity contribution in [1.82, 2.24) is 4.90 Å². The van der Waals surface area contributed by atoms with Crippen LogP contribution in [0.4, 0.5) is 4.39 Å². The van der Waals surface area contributed by atoms with Gasteiger partial charge in [-0.15, -0.1) is 0 Å². The molecule has 1 saturated heterocycles. The number of carbonyl (C=O) groups excluding carboxylic acids is 2. The van der Waals surface area contributed by atoms with Crippen LogP contribution in [-0.2, 0) is 9.59 Å². The highest BCUT2D eigenvalue weighted by atomic mass is 19.1. The van der Waals surface area contributed by atoms with Crippen LogP contribution in [0.15, 0.2) is 30.3 Å². The molecule has 19 heavy (non-hydrogen) atoms. The molecule has 1 aliphatic rings. The average Bonchev–Trinajstić information content (AvgIpc) is 2.87. The molecule has 1 atom stereocenters. The maximum absolute atomic E-state index is 12.7. The number of carbonyl (C=O) groups is 2. The van der Waals surface area contributed by atoms with Crippen molar-refractivity contribution in [3.05, 3.63) is 41.7 Å². The molecular formula is C14H13FNO3-. The number of carboxylic acids is 1. The van der Waals surface area contributed by atoms with Crippen LogP contribution in [0.25, 0.3) is 6.08 Å². The first-order chi connectivity index (χ1) is 9.08. The number of hydrogen-bond donors (Lipinski definition) is 0. The second kappa shape index (κ2) is 5.65. The van der Waals surface area contributed by atoms with Gasteiger partial charge in [0.25, 0.3) is 0 Å². The third-order valence-electron chi connectivity index (χ3n) is 3.10. The van der Waals surface area contributed by atoms with E-state index in [1.54, 1.807) is 12.1 Å². The molecular weight excluding hydrogens is 249 g/mol. The number of nitrogens with zero attached hydrogens (tertiary/aromatic N) is 1. The van der Waals surface area contributed by atoms with Crippen LogP contribution in [0.3, 0.4) is 0 Å². The Morgan fingerprint density at radius 3 is 2.63 bits per heavy atom. The predicted molar refractivity (Wildman–Crippen MR) is 65.2 cm³/mol. The van der Waals surface area contributed by atoms with Crippen molar-refractivity contribution in [3.8, 4) is 0 Å². The van der Waals surface area contributed by atoms with E-state index in [0.29, 0.717) is 24.9 Å². The quantitative estimate of drug-likeness (QED) is 0.749. The third-order valence-corrected chi connectivity index (χ3v) is 3.10. The maximum atomic E-state index is 12.7. The van der Waals surface area contributed by atoms with Gasteiger partial charge in [-0.3, -0.25) is 4.79 Å². The number of halogens is 1. The number of rotatable bonds is 3. The lowest BCUT2D eigenvalue weighted by Gasteiger charge is -2.23. The molecule has 0 aliphatic carbocycles. The van der Waals surface area contributed by atoms with Gasteiger partial charge in [-0.25, -0.2) is 4.39 Å². The molecule has 0 N–H and O–H groups in total. The van der Waals surface area contributed by atoms with Crippen LogP contribution in [0.5, 0.6) is 0 Å². The van der Waals surface area contributed by atoms with Gasteiger partial charge in [0, 0.05) is 12.6 Å². The van der Waals surface area contributed by atoms with Crippen LogP contribution < -0.4 is 5.11 Å². The number of hydrogen-bond acceptors (Lipinski definition) is 3. The minimum absolute atomic E-state index is 0.347. The van der Waals surface area contributed by atoms with Crippen molar-refractivity contribution in [2.75, 3.05) is 6.54 Å². The molecule has 2 rings (SSSR count). The van der Waals surface area contributed by atoms with Gasteiger partial charge in [0.2, 0.25) is 5.91 Å². The van der Waals surface area contributed by atoms with E-state index in [9.17, 15) is 19.1 Å². The lowest BCUT2D eigenvalue weighted by atomic mass is 10.2. The molecule has 100 valence electrons. The summed E-state index contributed by atoms with van der Waals surface area (Å²) in [7, 11) is 0. The predicted octanol–water partition coefficient (Wildman–Crippen LogP) is 0.580. The van der Waals surface area contributed by atoms with Crippen molar-refractivity contribution in [3.63, 3.8) is 0 Å². The molecule has 0 spiro atoms. The van der Waals surface area contributed by atoms with Gasteiger partial charge >= 0.3 is 0 Å². The summed E-state index contributed by atoms with van der Waals surface area (Å²) in [5.41, 5.74) is 0.680. The lowest BCUT2D eigenvalue weighted by molar-refractivity contribution is -0.310. The third kappa shape index (κ3) is 3.19. The Balaban J connectivity index is 2.04. The number of benzene rings is 1. The topological polar surface area (TPSA) is 60.4 Å². The lowest BCUT2D eigenvalue weighted by Crippen LogP contribution is -2.46. The number of carboxylic acid groups (broad SMARTS) is 1. The fourth-order valence-corrected chi connectivity index (χ4v) is 2.11. The van der Waals surface area contributed by atoms with E-state index in [-0.39, 0.29) is 11.7 Å². The molecule has 1 fully saturated rings. The Labute approximate surface area is 110 Å². The Bertz CT molecular complexity index is 510. The largest absolute Gasteiger partial charge is 0.548 e.